The molecule has 1 aliphatic heterocycles. The number of furan rings is 1. The summed E-state index contributed by atoms with van der Waals surface area (Å²) in [5.74, 6) is 0.599. The average molecular weight is 415 g/mol. The van der Waals surface area contributed by atoms with Gasteiger partial charge >= 0.3 is 5.63 Å². The van der Waals surface area contributed by atoms with Gasteiger partial charge in [0.15, 0.2) is 11.3 Å². The van der Waals surface area contributed by atoms with E-state index in [1.807, 2.05) is 6.92 Å². The van der Waals surface area contributed by atoms with E-state index in [0.29, 0.717) is 35.3 Å². The fraction of sp³-hybridized carbons (Fsp3) is 0.429. The number of nitrogens with zero attached hydrogens (tertiary/aromatic N) is 2. The van der Waals surface area contributed by atoms with Gasteiger partial charge in [0.05, 0.1) is 24.0 Å². The Balaban J connectivity index is 1.78. The number of nitrogens with two attached hydrogens (primary N) is 1. The second kappa shape index (κ2) is 8.76. The number of aryl methyl sites for hydroxylation is 1. The summed E-state index contributed by atoms with van der Waals surface area (Å²) in [6.07, 6.45) is 1.57. The van der Waals surface area contributed by atoms with Crippen molar-refractivity contribution in [2.75, 3.05) is 39.5 Å². The zero-order valence-electron chi connectivity index (χ0n) is 16.8. The predicted molar refractivity (Wildman–Crippen MR) is 112 cm³/mol. The van der Waals surface area contributed by atoms with Crippen molar-refractivity contribution in [3.8, 4) is 5.75 Å². The van der Waals surface area contributed by atoms with Crippen LogP contribution in [0.4, 0.5) is 0 Å². The van der Waals surface area contributed by atoms with Crippen LogP contribution >= 0.6 is 0 Å². The van der Waals surface area contributed by atoms with Crippen molar-refractivity contribution in [2.45, 2.75) is 19.8 Å². The molecule has 0 saturated carbocycles. The van der Waals surface area contributed by atoms with E-state index >= 15 is 0 Å². The molecule has 9 heteroatoms. The number of ether oxygens (including phenoxy) is 2. The minimum atomic E-state index is -0.440. The van der Waals surface area contributed by atoms with E-state index in [0.717, 1.165) is 50.2 Å². The van der Waals surface area contributed by atoms with Crippen molar-refractivity contribution in [3.05, 3.63) is 39.9 Å². The Morgan fingerprint density at radius 1 is 1.27 bits per heavy atom. The number of morpholine rings is 1. The smallest absolute Gasteiger partial charge is 0.336 e. The van der Waals surface area contributed by atoms with E-state index in [4.69, 9.17) is 29.2 Å². The second-order valence-corrected chi connectivity index (χ2v) is 7.23. The molecule has 30 heavy (non-hydrogen) atoms. The highest BCUT2D eigenvalue weighted by Crippen LogP contribution is 2.37. The van der Waals surface area contributed by atoms with E-state index in [-0.39, 0.29) is 11.6 Å². The van der Waals surface area contributed by atoms with Crippen LogP contribution in [0.5, 0.6) is 5.75 Å². The van der Waals surface area contributed by atoms with Crippen LogP contribution in [0.3, 0.4) is 0 Å². The van der Waals surface area contributed by atoms with Crippen LogP contribution in [0.25, 0.3) is 21.9 Å². The van der Waals surface area contributed by atoms with Gasteiger partial charge in [0.1, 0.15) is 17.9 Å². The minimum Gasteiger partial charge on any atom is -0.491 e. The zero-order chi connectivity index (χ0) is 21.1. The number of benzene rings is 1. The molecule has 0 spiro atoms. The summed E-state index contributed by atoms with van der Waals surface area (Å²) in [7, 11) is 0. The maximum Gasteiger partial charge on any atom is 0.336 e. The first-order chi connectivity index (χ1) is 14.6. The molecule has 1 aromatic carbocycles. The molecule has 0 amide bonds. The van der Waals surface area contributed by atoms with Crippen LogP contribution in [0.1, 0.15) is 24.7 Å². The summed E-state index contributed by atoms with van der Waals surface area (Å²) in [5.41, 5.74) is 6.91. The van der Waals surface area contributed by atoms with E-state index < -0.39 is 5.63 Å². The highest BCUT2D eigenvalue weighted by molar-refractivity contribution is 6.09. The first kappa shape index (κ1) is 20.2. The molecule has 1 fully saturated rings. The quantitative estimate of drug-likeness (QED) is 0.198. The van der Waals surface area contributed by atoms with Gasteiger partial charge in [0.2, 0.25) is 5.84 Å². The maximum atomic E-state index is 12.2. The summed E-state index contributed by atoms with van der Waals surface area (Å²) >= 11 is 0. The lowest BCUT2D eigenvalue weighted by molar-refractivity contribution is 0.0323. The molecule has 2 aromatic heterocycles. The third-order valence-electron chi connectivity index (χ3n) is 5.21. The van der Waals surface area contributed by atoms with Crippen molar-refractivity contribution < 1.29 is 23.5 Å². The van der Waals surface area contributed by atoms with Crippen LogP contribution in [0, 0.1) is 0 Å². The molecule has 160 valence electrons. The molecule has 1 saturated heterocycles. The van der Waals surface area contributed by atoms with Gasteiger partial charge in [-0.2, -0.15) is 0 Å². The number of fused-ring (bicyclic) bond motifs is 3. The Kier molecular flexibility index (Phi) is 5.91. The third kappa shape index (κ3) is 3.99. The van der Waals surface area contributed by atoms with Crippen LogP contribution in [-0.2, 0) is 11.2 Å². The number of hydrogen-bond donors (Lipinski definition) is 2. The first-order valence-corrected chi connectivity index (χ1v) is 10.0. The second-order valence-electron chi connectivity index (χ2n) is 7.23. The number of rotatable bonds is 7. The van der Waals surface area contributed by atoms with Gasteiger partial charge in [-0.05, 0) is 18.1 Å². The van der Waals surface area contributed by atoms with E-state index in [9.17, 15) is 4.79 Å². The number of amidine groups is 1. The molecule has 0 bridgehead atoms. The fourth-order valence-electron chi connectivity index (χ4n) is 3.75. The molecule has 9 nitrogen and oxygen atoms in total. The summed E-state index contributed by atoms with van der Waals surface area (Å²) in [6, 6.07) is 4.88. The lowest BCUT2D eigenvalue weighted by Crippen LogP contribution is -2.38. The molecule has 3 heterocycles. The van der Waals surface area contributed by atoms with Crippen molar-refractivity contribution in [2.24, 2.45) is 10.9 Å². The average Bonchev–Trinajstić information content (AvgIpc) is 3.18. The van der Waals surface area contributed by atoms with Crippen LogP contribution in [0.2, 0.25) is 0 Å². The van der Waals surface area contributed by atoms with Gasteiger partial charge < -0.3 is 29.2 Å². The van der Waals surface area contributed by atoms with Crippen LogP contribution in [-0.4, -0.2) is 55.4 Å². The van der Waals surface area contributed by atoms with Gasteiger partial charge in [-0.15, -0.1) is 0 Å². The number of oxime groups is 1. The molecule has 0 radical (unpaired) electrons. The Morgan fingerprint density at radius 3 is 2.80 bits per heavy atom. The Labute approximate surface area is 172 Å². The van der Waals surface area contributed by atoms with Gasteiger partial charge in [-0.25, -0.2) is 4.79 Å². The van der Waals surface area contributed by atoms with Crippen molar-refractivity contribution in [1.29, 1.82) is 0 Å². The molecule has 3 aromatic rings. The predicted octanol–water partition coefficient (Wildman–Crippen LogP) is 2.30. The highest BCUT2D eigenvalue weighted by atomic mass is 16.5. The molecule has 0 atom stereocenters. The summed E-state index contributed by atoms with van der Waals surface area (Å²) in [4.78, 5) is 14.5. The Morgan fingerprint density at radius 2 is 2.07 bits per heavy atom. The summed E-state index contributed by atoms with van der Waals surface area (Å²) in [6.45, 7) is 6.48. The lowest BCUT2D eigenvalue weighted by Gasteiger charge is -2.26. The zero-order valence-corrected chi connectivity index (χ0v) is 16.8. The molecule has 0 unspecified atom stereocenters. The molecular weight excluding hydrogens is 390 g/mol. The van der Waals surface area contributed by atoms with Gasteiger partial charge in [-0.3, -0.25) is 4.90 Å². The Bertz CT molecular complexity index is 1130. The molecular formula is C21H25N3O6. The van der Waals surface area contributed by atoms with E-state index in [2.05, 4.69) is 10.1 Å². The van der Waals surface area contributed by atoms with Crippen molar-refractivity contribution >= 4 is 27.8 Å². The fourth-order valence-corrected chi connectivity index (χ4v) is 3.75. The highest BCUT2D eigenvalue weighted by Gasteiger charge is 2.20. The Hall–Kier alpha value is -3.04. The number of hydrogen-bond acceptors (Lipinski definition) is 8. The largest absolute Gasteiger partial charge is 0.491 e. The van der Waals surface area contributed by atoms with Crippen LogP contribution in [0.15, 0.2) is 37.0 Å². The normalized spacial score (nSPS) is 15.8. The van der Waals surface area contributed by atoms with Gasteiger partial charge in [0.25, 0.3) is 0 Å². The molecule has 4 rings (SSSR count). The third-order valence-corrected chi connectivity index (χ3v) is 5.21. The summed E-state index contributed by atoms with van der Waals surface area (Å²) < 4.78 is 22.8. The standard InChI is InChI=1S/C21H25N3O6/c1-2-3-13-10-18(25)30-20-14-11-17(21(22)23-26)29-15(14)12-16(19(13)20)28-9-6-24-4-7-27-8-5-24/h10-12,26H,2-9H2,1H3,(H2,22,23). The van der Waals surface area contributed by atoms with Crippen LogP contribution < -0.4 is 16.1 Å². The maximum absolute atomic E-state index is 12.2. The topological polar surface area (TPSA) is 124 Å². The van der Waals surface area contributed by atoms with Crippen molar-refractivity contribution in [1.82, 2.24) is 4.90 Å². The molecule has 3 N–H and O–H groups in total. The molecule has 1 aliphatic rings. The van der Waals surface area contributed by atoms with E-state index in [1.165, 1.54) is 6.07 Å². The minimum absolute atomic E-state index is 0.166. The summed E-state index contributed by atoms with van der Waals surface area (Å²) in [5, 5.41) is 13.3. The SMILES string of the molecule is CCCc1cc(=O)oc2c1c(OCCN1CCOCC1)cc1oc(/C(N)=N\O)cc12. The van der Waals surface area contributed by atoms with Gasteiger partial charge in [-0.1, -0.05) is 18.5 Å². The van der Waals surface area contributed by atoms with Gasteiger partial charge in [0, 0.05) is 31.8 Å². The van der Waals surface area contributed by atoms with Crippen molar-refractivity contribution in [3.63, 3.8) is 0 Å². The molecule has 0 aliphatic carbocycles. The first-order valence-electron chi connectivity index (χ1n) is 10.0. The monoisotopic (exact) mass is 415 g/mol. The van der Waals surface area contributed by atoms with E-state index in [1.54, 1.807) is 12.1 Å². The lowest BCUT2D eigenvalue weighted by atomic mass is 10.0.